The Kier molecular flexibility index (Phi) is 4.56. The molecule has 0 aliphatic heterocycles. The lowest BCUT2D eigenvalue weighted by Gasteiger charge is -2.12. The molecule has 0 aliphatic carbocycles. The number of hydrogen-bond acceptors (Lipinski definition) is 2. The van der Waals surface area contributed by atoms with Gasteiger partial charge in [0.1, 0.15) is 0 Å². The molecule has 0 radical (unpaired) electrons. The molecular formula is C16H16Br2S2. The number of benzene rings is 1. The summed E-state index contributed by atoms with van der Waals surface area (Å²) in [7, 11) is 0. The predicted octanol–water partition coefficient (Wildman–Crippen LogP) is 7.55. The van der Waals surface area contributed by atoms with E-state index in [9.17, 15) is 0 Å². The Labute approximate surface area is 144 Å². The van der Waals surface area contributed by atoms with Gasteiger partial charge in [-0.05, 0) is 78.7 Å². The first kappa shape index (κ1) is 15.0. The van der Waals surface area contributed by atoms with Crippen LogP contribution in [-0.4, -0.2) is 0 Å². The van der Waals surface area contributed by atoms with Crippen molar-refractivity contribution in [3.05, 3.63) is 30.8 Å². The number of thiophene rings is 2. The Morgan fingerprint density at radius 1 is 0.800 bits per heavy atom. The Morgan fingerprint density at radius 2 is 1.20 bits per heavy atom. The van der Waals surface area contributed by atoms with E-state index in [0.29, 0.717) is 0 Å². The van der Waals surface area contributed by atoms with Crippen LogP contribution < -0.4 is 0 Å². The molecule has 0 unspecified atom stereocenters. The van der Waals surface area contributed by atoms with Gasteiger partial charge in [0.2, 0.25) is 0 Å². The second-order valence-corrected chi connectivity index (χ2v) is 9.91. The van der Waals surface area contributed by atoms with Crippen molar-refractivity contribution in [3.8, 4) is 0 Å². The highest BCUT2D eigenvalue weighted by molar-refractivity contribution is 9.11. The Morgan fingerprint density at radius 3 is 1.55 bits per heavy atom. The maximum atomic E-state index is 3.68. The zero-order chi connectivity index (χ0) is 14.3. The quantitative estimate of drug-likeness (QED) is 0.400. The van der Waals surface area contributed by atoms with Crippen LogP contribution in [-0.2, 0) is 12.8 Å². The van der Waals surface area contributed by atoms with Gasteiger partial charge in [-0.1, -0.05) is 26.7 Å². The van der Waals surface area contributed by atoms with Gasteiger partial charge in [-0.3, -0.25) is 0 Å². The monoisotopic (exact) mass is 430 g/mol. The summed E-state index contributed by atoms with van der Waals surface area (Å²) in [5, 5.41) is 2.93. The molecule has 2 aromatic heterocycles. The molecule has 2 heterocycles. The molecule has 3 rings (SSSR count). The molecule has 106 valence electrons. The minimum absolute atomic E-state index is 1.18. The first-order chi connectivity index (χ1) is 9.65. The van der Waals surface area contributed by atoms with E-state index >= 15 is 0 Å². The van der Waals surface area contributed by atoms with Crippen LogP contribution in [0.1, 0.15) is 37.8 Å². The van der Waals surface area contributed by atoms with E-state index in [4.69, 9.17) is 0 Å². The predicted molar refractivity (Wildman–Crippen MR) is 101 cm³/mol. The fourth-order valence-electron chi connectivity index (χ4n) is 2.90. The molecule has 20 heavy (non-hydrogen) atoms. The van der Waals surface area contributed by atoms with Crippen molar-refractivity contribution in [2.24, 2.45) is 0 Å². The summed E-state index contributed by atoms with van der Waals surface area (Å²) in [6.07, 6.45) is 4.77. The van der Waals surface area contributed by atoms with Gasteiger partial charge in [-0.2, -0.15) is 0 Å². The lowest BCUT2D eigenvalue weighted by Crippen LogP contribution is -1.95. The first-order valence-electron chi connectivity index (χ1n) is 6.97. The zero-order valence-electron chi connectivity index (χ0n) is 11.6. The summed E-state index contributed by atoms with van der Waals surface area (Å²) in [5.74, 6) is 0. The van der Waals surface area contributed by atoms with Crippen LogP contribution in [0.15, 0.2) is 19.7 Å². The Balaban J connectivity index is 2.46. The molecule has 0 bridgehead atoms. The highest BCUT2D eigenvalue weighted by Gasteiger charge is 2.17. The summed E-state index contributed by atoms with van der Waals surface area (Å²) in [6, 6.07) is 4.63. The van der Waals surface area contributed by atoms with Crippen molar-refractivity contribution in [3.63, 3.8) is 0 Å². The van der Waals surface area contributed by atoms with Crippen molar-refractivity contribution >= 4 is 74.7 Å². The number of rotatable bonds is 4. The highest BCUT2D eigenvalue weighted by atomic mass is 79.9. The van der Waals surface area contributed by atoms with Crippen molar-refractivity contribution in [2.45, 2.75) is 39.5 Å². The van der Waals surface area contributed by atoms with Gasteiger partial charge < -0.3 is 0 Å². The van der Waals surface area contributed by atoms with Gasteiger partial charge in [0, 0.05) is 0 Å². The van der Waals surface area contributed by atoms with E-state index in [1.807, 2.05) is 22.7 Å². The normalized spacial score (nSPS) is 11.8. The average molecular weight is 432 g/mol. The van der Waals surface area contributed by atoms with Crippen molar-refractivity contribution in [1.82, 2.24) is 0 Å². The van der Waals surface area contributed by atoms with Crippen molar-refractivity contribution < 1.29 is 0 Å². The molecule has 4 heteroatoms. The molecule has 0 fully saturated rings. The fraction of sp³-hybridized carbons (Fsp3) is 0.375. The molecule has 0 N–H and O–H groups in total. The second kappa shape index (κ2) is 6.07. The van der Waals surface area contributed by atoms with Crippen LogP contribution >= 0.6 is 54.5 Å². The highest BCUT2D eigenvalue weighted by Crippen LogP contribution is 2.45. The molecule has 0 atom stereocenters. The summed E-state index contributed by atoms with van der Waals surface area (Å²) < 4.78 is 5.38. The minimum Gasteiger partial charge on any atom is -0.127 e. The van der Waals surface area contributed by atoms with Crippen molar-refractivity contribution in [2.75, 3.05) is 0 Å². The van der Waals surface area contributed by atoms with Crippen LogP contribution in [0, 0.1) is 0 Å². The number of aryl methyl sites for hydroxylation is 2. The Bertz CT molecular complexity index is 702. The molecule has 1 aromatic carbocycles. The van der Waals surface area contributed by atoms with Gasteiger partial charge in [-0.25, -0.2) is 0 Å². The first-order valence-corrected chi connectivity index (χ1v) is 10.2. The van der Waals surface area contributed by atoms with Crippen LogP contribution in [0.25, 0.3) is 20.2 Å². The van der Waals surface area contributed by atoms with Gasteiger partial charge in [-0.15, -0.1) is 22.7 Å². The Hall–Kier alpha value is 0.1000. The van der Waals surface area contributed by atoms with Crippen LogP contribution in [0.3, 0.4) is 0 Å². The van der Waals surface area contributed by atoms with E-state index in [2.05, 4.69) is 57.8 Å². The number of halogens is 2. The third-order valence-corrected chi connectivity index (χ3v) is 7.07. The van der Waals surface area contributed by atoms with Crippen LogP contribution in [0.4, 0.5) is 0 Å². The number of fused-ring (bicyclic) bond motifs is 3. The van der Waals surface area contributed by atoms with Gasteiger partial charge in [0.05, 0.1) is 17.0 Å². The standard InChI is InChI=1S/C16H16Br2S2/c1-3-5-9-10(6-4-2)12-8-14(18)20-16(12)15-11(9)7-13(17)19-15/h7-8H,3-6H2,1-2H3. The smallest absolute Gasteiger partial charge is 0.0711 e. The molecule has 0 aliphatic rings. The maximum Gasteiger partial charge on any atom is 0.0711 e. The van der Waals surface area contributed by atoms with Crippen molar-refractivity contribution in [1.29, 1.82) is 0 Å². The van der Waals surface area contributed by atoms with E-state index in [-0.39, 0.29) is 0 Å². The number of hydrogen-bond donors (Lipinski definition) is 0. The minimum atomic E-state index is 1.18. The molecule has 0 nitrogen and oxygen atoms in total. The van der Waals surface area contributed by atoms with E-state index in [1.165, 1.54) is 53.4 Å². The fourth-order valence-corrected chi connectivity index (χ4v) is 6.32. The van der Waals surface area contributed by atoms with Gasteiger partial charge in [0.25, 0.3) is 0 Å². The molecular weight excluding hydrogens is 416 g/mol. The molecule has 0 amide bonds. The molecule has 3 aromatic rings. The van der Waals surface area contributed by atoms with Gasteiger partial charge in [0.15, 0.2) is 0 Å². The summed E-state index contributed by atoms with van der Waals surface area (Å²) >= 11 is 11.1. The van der Waals surface area contributed by atoms with E-state index < -0.39 is 0 Å². The van der Waals surface area contributed by atoms with E-state index in [0.717, 1.165) is 0 Å². The maximum absolute atomic E-state index is 3.68. The lowest BCUT2D eigenvalue weighted by molar-refractivity contribution is 0.875. The second-order valence-electron chi connectivity index (χ2n) is 5.04. The van der Waals surface area contributed by atoms with Crippen LogP contribution in [0.5, 0.6) is 0 Å². The van der Waals surface area contributed by atoms with E-state index in [1.54, 1.807) is 11.1 Å². The van der Waals surface area contributed by atoms with Gasteiger partial charge >= 0.3 is 0 Å². The topological polar surface area (TPSA) is 0 Å². The largest absolute Gasteiger partial charge is 0.127 e. The molecule has 0 spiro atoms. The van der Waals surface area contributed by atoms with Crippen LogP contribution in [0.2, 0.25) is 0 Å². The molecule has 0 saturated carbocycles. The summed E-state index contributed by atoms with van der Waals surface area (Å²) in [6.45, 7) is 4.55. The third-order valence-electron chi connectivity index (χ3n) is 3.62. The molecule has 0 saturated heterocycles. The average Bonchev–Trinajstić information content (AvgIpc) is 2.96. The lowest BCUT2D eigenvalue weighted by atomic mass is 9.93. The summed E-state index contributed by atoms with van der Waals surface area (Å²) in [5.41, 5.74) is 3.15. The third kappa shape index (κ3) is 2.49. The summed E-state index contributed by atoms with van der Waals surface area (Å²) in [4.78, 5) is 0. The zero-order valence-corrected chi connectivity index (χ0v) is 16.4. The SMILES string of the molecule is CCCc1c(CCC)c2cc(Br)sc2c2sc(Br)cc12.